The van der Waals surface area contributed by atoms with Crippen molar-refractivity contribution in [3.63, 3.8) is 0 Å². The first-order chi connectivity index (χ1) is 9.20. The first-order valence-electron chi connectivity index (χ1n) is 6.05. The first-order valence-corrected chi connectivity index (χ1v) is 6.05. The van der Waals surface area contributed by atoms with E-state index in [9.17, 15) is 4.79 Å². The Morgan fingerprint density at radius 3 is 2.63 bits per heavy atom. The molecule has 0 unspecified atom stereocenters. The van der Waals surface area contributed by atoms with E-state index in [1.165, 1.54) is 7.11 Å². The molecule has 0 aliphatic carbocycles. The van der Waals surface area contributed by atoms with Crippen LogP contribution in [0.4, 0.5) is 0 Å². The number of benzene rings is 1. The molecule has 1 N–H and O–H groups in total. The standard InChI is InChI=1S/C14H17N3O2/c1-17-8-7-16-13(17)10-15-9-11-3-5-12(6-4-11)14(18)19-2/h3-8,15H,9-10H2,1-2H3. The molecule has 0 saturated carbocycles. The summed E-state index contributed by atoms with van der Waals surface area (Å²) in [5, 5.41) is 3.31. The molecule has 0 fully saturated rings. The predicted molar refractivity (Wildman–Crippen MR) is 71.5 cm³/mol. The van der Waals surface area contributed by atoms with E-state index in [2.05, 4.69) is 15.0 Å². The van der Waals surface area contributed by atoms with Gasteiger partial charge in [0.1, 0.15) is 5.82 Å². The van der Waals surface area contributed by atoms with Crippen LogP contribution in [0.3, 0.4) is 0 Å². The number of hydrogen-bond donors (Lipinski definition) is 1. The summed E-state index contributed by atoms with van der Waals surface area (Å²) in [7, 11) is 3.35. The van der Waals surface area contributed by atoms with Crippen LogP contribution in [-0.2, 0) is 24.9 Å². The first kappa shape index (κ1) is 13.3. The molecule has 1 aromatic heterocycles. The highest BCUT2D eigenvalue weighted by Crippen LogP contribution is 2.06. The zero-order valence-corrected chi connectivity index (χ0v) is 11.1. The van der Waals surface area contributed by atoms with E-state index in [0.717, 1.165) is 17.9 Å². The molecule has 0 spiro atoms. The lowest BCUT2D eigenvalue weighted by Crippen LogP contribution is -2.15. The summed E-state index contributed by atoms with van der Waals surface area (Å²) in [6, 6.07) is 7.36. The number of carbonyl (C=O) groups excluding carboxylic acids is 1. The number of aryl methyl sites for hydroxylation is 1. The van der Waals surface area contributed by atoms with Crippen molar-refractivity contribution in [2.24, 2.45) is 7.05 Å². The molecule has 1 aromatic carbocycles. The van der Waals surface area contributed by atoms with Crippen molar-refractivity contribution in [1.29, 1.82) is 0 Å². The molecule has 2 aromatic rings. The largest absolute Gasteiger partial charge is 0.465 e. The van der Waals surface area contributed by atoms with Gasteiger partial charge >= 0.3 is 5.97 Å². The van der Waals surface area contributed by atoms with Crippen LogP contribution in [0.1, 0.15) is 21.7 Å². The molecule has 5 nitrogen and oxygen atoms in total. The van der Waals surface area contributed by atoms with Crippen molar-refractivity contribution in [3.8, 4) is 0 Å². The zero-order chi connectivity index (χ0) is 13.7. The highest BCUT2D eigenvalue weighted by atomic mass is 16.5. The molecule has 0 amide bonds. The molecule has 0 atom stereocenters. The van der Waals surface area contributed by atoms with Gasteiger partial charge in [-0.25, -0.2) is 9.78 Å². The van der Waals surface area contributed by atoms with Gasteiger partial charge in [0.25, 0.3) is 0 Å². The Balaban J connectivity index is 1.86. The number of aromatic nitrogens is 2. The van der Waals surface area contributed by atoms with E-state index in [1.54, 1.807) is 18.3 Å². The van der Waals surface area contributed by atoms with Gasteiger partial charge in [-0.15, -0.1) is 0 Å². The minimum atomic E-state index is -0.312. The van der Waals surface area contributed by atoms with Gasteiger partial charge in [-0.1, -0.05) is 12.1 Å². The topological polar surface area (TPSA) is 56.1 Å². The Bertz CT molecular complexity index is 546. The molecule has 0 saturated heterocycles. The van der Waals surface area contributed by atoms with Gasteiger partial charge in [-0.2, -0.15) is 0 Å². The zero-order valence-electron chi connectivity index (χ0n) is 11.1. The maximum Gasteiger partial charge on any atom is 0.337 e. The molecule has 100 valence electrons. The van der Waals surface area contributed by atoms with E-state index in [-0.39, 0.29) is 5.97 Å². The van der Waals surface area contributed by atoms with Gasteiger partial charge in [0.15, 0.2) is 0 Å². The average molecular weight is 259 g/mol. The van der Waals surface area contributed by atoms with Crippen molar-refractivity contribution in [2.75, 3.05) is 7.11 Å². The van der Waals surface area contributed by atoms with E-state index < -0.39 is 0 Å². The fourth-order valence-corrected chi connectivity index (χ4v) is 1.76. The number of imidazole rings is 1. The van der Waals surface area contributed by atoms with Crippen molar-refractivity contribution >= 4 is 5.97 Å². The van der Waals surface area contributed by atoms with Crippen LogP contribution in [0, 0.1) is 0 Å². The van der Waals surface area contributed by atoms with Crippen molar-refractivity contribution in [3.05, 3.63) is 53.6 Å². The second-order valence-electron chi connectivity index (χ2n) is 4.25. The smallest absolute Gasteiger partial charge is 0.337 e. The third kappa shape index (κ3) is 3.42. The molecule has 0 aliphatic heterocycles. The van der Waals surface area contributed by atoms with Crippen LogP contribution in [0.5, 0.6) is 0 Å². The third-order valence-electron chi connectivity index (χ3n) is 2.91. The number of ether oxygens (including phenoxy) is 1. The lowest BCUT2D eigenvalue weighted by atomic mass is 10.1. The van der Waals surface area contributed by atoms with Gasteiger partial charge in [-0.05, 0) is 17.7 Å². The van der Waals surface area contributed by atoms with Gasteiger partial charge in [-0.3, -0.25) is 0 Å². The van der Waals surface area contributed by atoms with E-state index in [4.69, 9.17) is 0 Å². The second kappa shape index (κ2) is 6.15. The van der Waals surface area contributed by atoms with Crippen molar-refractivity contribution in [1.82, 2.24) is 14.9 Å². The van der Waals surface area contributed by atoms with Gasteiger partial charge in [0.05, 0.1) is 19.2 Å². The van der Waals surface area contributed by atoms with E-state index in [0.29, 0.717) is 12.1 Å². The summed E-state index contributed by atoms with van der Waals surface area (Å²) in [6.07, 6.45) is 3.70. The normalized spacial score (nSPS) is 10.4. The Hall–Kier alpha value is -2.14. The number of nitrogens with one attached hydrogen (secondary N) is 1. The van der Waals surface area contributed by atoms with Crippen LogP contribution in [-0.4, -0.2) is 22.6 Å². The summed E-state index contributed by atoms with van der Waals surface area (Å²) < 4.78 is 6.63. The van der Waals surface area contributed by atoms with Crippen molar-refractivity contribution in [2.45, 2.75) is 13.1 Å². The fourth-order valence-electron chi connectivity index (χ4n) is 1.76. The lowest BCUT2D eigenvalue weighted by molar-refractivity contribution is 0.0600. The minimum Gasteiger partial charge on any atom is -0.465 e. The Labute approximate surface area is 112 Å². The number of nitrogens with zero attached hydrogens (tertiary/aromatic N) is 2. The number of carbonyl (C=O) groups is 1. The summed E-state index contributed by atoms with van der Waals surface area (Å²) >= 11 is 0. The quantitative estimate of drug-likeness (QED) is 0.827. The molecular formula is C14H17N3O2. The molecule has 1 heterocycles. The molecular weight excluding hydrogens is 242 g/mol. The van der Waals surface area contributed by atoms with Gasteiger partial charge in [0.2, 0.25) is 0 Å². The minimum absolute atomic E-state index is 0.312. The Morgan fingerprint density at radius 2 is 2.05 bits per heavy atom. The van der Waals surface area contributed by atoms with Crippen LogP contribution in [0.15, 0.2) is 36.7 Å². The van der Waals surface area contributed by atoms with Crippen molar-refractivity contribution < 1.29 is 9.53 Å². The highest BCUT2D eigenvalue weighted by Gasteiger charge is 2.04. The maximum absolute atomic E-state index is 11.3. The molecule has 5 heteroatoms. The lowest BCUT2D eigenvalue weighted by Gasteiger charge is -2.06. The molecule has 19 heavy (non-hydrogen) atoms. The molecule has 0 bridgehead atoms. The van der Waals surface area contributed by atoms with E-state index in [1.807, 2.05) is 29.9 Å². The maximum atomic E-state index is 11.3. The third-order valence-corrected chi connectivity index (χ3v) is 2.91. The summed E-state index contributed by atoms with van der Waals surface area (Å²) in [5.74, 6) is 0.679. The molecule has 0 radical (unpaired) electrons. The molecule has 2 rings (SSSR count). The molecule has 0 aliphatic rings. The predicted octanol–water partition coefficient (Wildman–Crippen LogP) is 1.50. The van der Waals surface area contributed by atoms with Crippen LogP contribution in [0.2, 0.25) is 0 Å². The number of esters is 1. The average Bonchev–Trinajstić information content (AvgIpc) is 2.84. The summed E-state index contributed by atoms with van der Waals surface area (Å²) in [6.45, 7) is 1.44. The Kier molecular flexibility index (Phi) is 4.30. The van der Waals surface area contributed by atoms with Crippen LogP contribution < -0.4 is 5.32 Å². The summed E-state index contributed by atoms with van der Waals surface area (Å²) in [4.78, 5) is 15.5. The highest BCUT2D eigenvalue weighted by molar-refractivity contribution is 5.89. The monoisotopic (exact) mass is 259 g/mol. The number of methoxy groups -OCH3 is 1. The van der Waals surface area contributed by atoms with Gasteiger partial charge in [0, 0.05) is 26.0 Å². The van der Waals surface area contributed by atoms with E-state index >= 15 is 0 Å². The van der Waals surface area contributed by atoms with Crippen LogP contribution in [0.25, 0.3) is 0 Å². The second-order valence-corrected chi connectivity index (χ2v) is 4.25. The summed E-state index contributed by atoms with van der Waals surface area (Å²) in [5.41, 5.74) is 1.68. The van der Waals surface area contributed by atoms with Gasteiger partial charge < -0.3 is 14.6 Å². The van der Waals surface area contributed by atoms with Crippen LogP contribution >= 0.6 is 0 Å². The Morgan fingerprint density at radius 1 is 1.32 bits per heavy atom. The SMILES string of the molecule is COC(=O)c1ccc(CNCc2nccn2C)cc1. The number of hydrogen-bond acceptors (Lipinski definition) is 4. The fraction of sp³-hybridized carbons (Fsp3) is 0.286. The number of rotatable bonds is 5.